The van der Waals surface area contributed by atoms with E-state index in [1.54, 1.807) is 0 Å². The van der Waals surface area contributed by atoms with Crippen LogP contribution in [0.5, 0.6) is 0 Å². The predicted octanol–water partition coefficient (Wildman–Crippen LogP) is 3.33. The second-order valence-corrected chi connectivity index (χ2v) is 6.76. The number of hydrogen-bond donors (Lipinski definition) is 1. The lowest BCUT2D eigenvalue weighted by Gasteiger charge is -2.31. The highest BCUT2D eigenvalue weighted by molar-refractivity contribution is 5.37. The summed E-state index contributed by atoms with van der Waals surface area (Å²) in [7, 11) is 0. The number of fused-ring (bicyclic) bond motifs is 1. The van der Waals surface area contributed by atoms with Crippen LogP contribution in [0.3, 0.4) is 0 Å². The smallest absolute Gasteiger partial charge is 0.0469 e. The molecule has 1 N–H and O–H groups in total. The fourth-order valence-corrected chi connectivity index (χ4v) is 3.61. The first kappa shape index (κ1) is 13.1. The quantitative estimate of drug-likeness (QED) is 0.899. The first-order chi connectivity index (χ1) is 9.17. The average molecular weight is 259 g/mol. The molecule has 0 bridgehead atoms. The third kappa shape index (κ3) is 2.70. The molecule has 2 aliphatic rings. The van der Waals surface area contributed by atoms with Crippen LogP contribution in [0.1, 0.15) is 43.9 Å². The predicted molar refractivity (Wildman–Crippen MR) is 78.2 cm³/mol. The zero-order valence-electron chi connectivity index (χ0n) is 12.1. The van der Waals surface area contributed by atoms with Gasteiger partial charge in [0.2, 0.25) is 0 Å². The maximum atomic E-state index is 5.44. The van der Waals surface area contributed by atoms with Gasteiger partial charge in [-0.2, -0.15) is 0 Å². The molecule has 19 heavy (non-hydrogen) atoms. The molecule has 1 aliphatic carbocycles. The summed E-state index contributed by atoms with van der Waals surface area (Å²) in [5.41, 5.74) is 3.37. The van der Waals surface area contributed by atoms with E-state index in [2.05, 4.69) is 43.4 Å². The Balaban J connectivity index is 1.68. The molecule has 1 saturated heterocycles. The molecule has 2 nitrogen and oxygen atoms in total. The summed E-state index contributed by atoms with van der Waals surface area (Å²) < 4.78 is 5.44. The summed E-state index contributed by atoms with van der Waals surface area (Å²) in [4.78, 5) is 0. The van der Waals surface area contributed by atoms with Crippen LogP contribution in [0, 0.1) is 11.3 Å². The van der Waals surface area contributed by atoms with Gasteiger partial charge in [0.1, 0.15) is 0 Å². The van der Waals surface area contributed by atoms with Gasteiger partial charge in [-0.1, -0.05) is 38.1 Å². The van der Waals surface area contributed by atoms with Gasteiger partial charge in [-0.15, -0.1) is 0 Å². The van der Waals surface area contributed by atoms with Crippen molar-refractivity contribution >= 4 is 0 Å². The van der Waals surface area contributed by atoms with Crippen molar-refractivity contribution in [2.45, 2.75) is 39.2 Å². The first-order valence-electron chi connectivity index (χ1n) is 7.56. The summed E-state index contributed by atoms with van der Waals surface area (Å²) in [6, 6.07) is 9.42. The van der Waals surface area contributed by atoms with Crippen LogP contribution in [0.25, 0.3) is 0 Å². The first-order valence-corrected chi connectivity index (χ1v) is 7.56. The van der Waals surface area contributed by atoms with E-state index >= 15 is 0 Å². The second-order valence-electron chi connectivity index (χ2n) is 6.76. The van der Waals surface area contributed by atoms with Crippen LogP contribution in [0.15, 0.2) is 24.3 Å². The molecule has 104 valence electrons. The Labute approximate surface area is 116 Å². The van der Waals surface area contributed by atoms with E-state index in [0.29, 0.717) is 11.5 Å². The summed E-state index contributed by atoms with van der Waals surface area (Å²) in [6.07, 6.45) is 3.61. The molecule has 1 unspecified atom stereocenters. The molecule has 1 atom stereocenters. The van der Waals surface area contributed by atoms with Crippen molar-refractivity contribution in [1.82, 2.24) is 5.32 Å². The Morgan fingerprint density at radius 1 is 1.21 bits per heavy atom. The molecule has 1 fully saturated rings. The van der Waals surface area contributed by atoms with Gasteiger partial charge < -0.3 is 10.1 Å². The number of ether oxygens (including phenoxy) is 1. The van der Waals surface area contributed by atoms with E-state index < -0.39 is 0 Å². The zero-order valence-corrected chi connectivity index (χ0v) is 12.1. The highest BCUT2D eigenvalue weighted by atomic mass is 16.5. The Hall–Kier alpha value is -0.860. The molecule has 0 amide bonds. The molecule has 2 heteroatoms. The standard InChI is InChI=1S/C17H25NO/c1-17(2)11-14-5-3-4-6-15(14)16(17)18-12-13-7-9-19-10-8-13/h3-6,13,16,18H,7-12H2,1-2H3. The lowest BCUT2D eigenvalue weighted by Crippen LogP contribution is -2.36. The Bertz CT molecular complexity index is 435. The Morgan fingerprint density at radius 2 is 1.95 bits per heavy atom. The summed E-state index contributed by atoms with van der Waals surface area (Å²) in [5.74, 6) is 0.789. The maximum absolute atomic E-state index is 5.44. The van der Waals surface area contributed by atoms with Crippen LogP contribution in [-0.2, 0) is 11.2 Å². The number of rotatable bonds is 3. The van der Waals surface area contributed by atoms with Gasteiger partial charge in [0.15, 0.2) is 0 Å². The van der Waals surface area contributed by atoms with Crippen molar-refractivity contribution in [3.63, 3.8) is 0 Å². The van der Waals surface area contributed by atoms with Gasteiger partial charge in [-0.3, -0.25) is 0 Å². The molecule has 0 spiro atoms. The number of hydrogen-bond acceptors (Lipinski definition) is 2. The van der Waals surface area contributed by atoms with Crippen molar-refractivity contribution in [2.24, 2.45) is 11.3 Å². The maximum Gasteiger partial charge on any atom is 0.0469 e. The number of benzene rings is 1. The van der Waals surface area contributed by atoms with Crippen molar-refractivity contribution in [3.8, 4) is 0 Å². The van der Waals surface area contributed by atoms with Crippen molar-refractivity contribution in [2.75, 3.05) is 19.8 Å². The number of nitrogens with one attached hydrogen (secondary N) is 1. The van der Waals surface area contributed by atoms with Crippen LogP contribution in [-0.4, -0.2) is 19.8 Å². The summed E-state index contributed by atoms with van der Waals surface area (Å²) in [6.45, 7) is 7.78. The van der Waals surface area contributed by atoms with E-state index in [-0.39, 0.29) is 0 Å². The minimum absolute atomic E-state index is 0.328. The van der Waals surface area contributed by atoms with E-state index in [0.717, 1.165) is 25.7 Å². The molecule has 1 aromatic carbocycles. The van der Waals surface area contributed by atoms with Crippen LogP contribution in [0.4, 0.5) is 0 Å². The van der Waals surface area contributed by atoms with Gasteiger partial charge in [0.05, 0.1) is 0 Å². The highest BCUT2D eigenvalue weighted by Crippen LogP contribution is 2.45. The van der Waals surface area contributed by atoms with Crippen LogP contribution >= 0.6 is 0 Å². The highest BCUT2D eigenvalue weighted by Gasteiger charge is 2.38. The molecule has 0 saturated carbocycles. The van der Waals surface area contributed by atoms with Crippen molar-refractivity contribution in [1.29, 1.82) is 0 Å². The molecule has 1 heterocycles. The SMILES string of the molecule is CC1(C)Cc2ccccc2C1NCC1CCOCC1. The summed E-state index contributed by atoms with van der Waals surface area (Å²) in [5, 5.41) is 3.84. The fraction of sp³-hybridized carbons (Fsp3) is 0.647. The average Bonchev–Trinajstić information content (AvgIpc) is 2.67. The molecule has 1 aliphatic heterocycles. The van der Waals surface area contributed by atoms with Crippen LogP contribution < -0.4 is 5.32 Å². The zero-order chi connectivity index (χ0) is 13.3. The third-order valence-electron chi connectivity index (χ3n) is 4.75. The van der Waals surface area contributed by atoms with E-state index in [1.807, 2.05) is 0 Å². The Kier molecular flexibility index (Phi) is 3.64. The van der Waals surface area contributed by atoms with Crippen molar-refractivity contribution in [3.05, 3.63) is 35.4 Å². The Morgan fingerprint density at radius 3 is 2.74 bits per heavy atom. The van der Waals surface area contributed by atoms with Gasteiger partial charge in [-0.05, 0) is 48.3 Å². The van der Waals surface area contributed by atoms with Crippen molar-refractivity contribution < 1.29 is 4.74 Å². The normalized spacial score (nSPS) is 26.3. The molecule has 0 aromatic heterocycles. The lowest BCUT2D eigenvalue weighted by atomic mass is 9.85. The van der Waals surface area contributed by atoms with E-state index in [9.17, 15) is 0 Å². The molecule has 1 aromatic rings. The molecular weight excluding hydrogens is 234 g/mol. The van der Waals surface area contributed by atoms with Gasteiger partial charge >= 0.3 is 0 Å². The molecule has 3 rings (SSSR count). The van der Waals surface area contributed by atoms with E-state index in [1.165, 1.54) is 30.4 Å². The topological polar surface area (TPSA) is 21.3 Å². The summed E-state index contributed by atoms with van der Waals surface area (Å²) >= 11 is 0. The van der Waals surface area contributed by atoms with Crippen LogP contribution in [0.2, 0.25) is 0 Å². The van der Waals surface area contributed by atoms with E-state index in [4.69, 9.17) is 4.74 Å². The minimum atomic E-state index is 0.328. The largest absolute Gasteiger partial charge is 0.381 e. The minimum Gasteiger partial charge on any atom is -0.381 e. The fourth-order valence-electron chi connectivity index (χ4n) is 3.61. The molecule has 0 radical (unpaired) electrons. The molecular formula is C17H25NO. The van der Waals surface area contributed by atoms with Gasteiger partial charge in [0, 0.05) is 19.3 Å². The van der Waals surface area contributed by atoms with Gasteiger partial charge in [0.25, 0.3) is 0 Å². The monoisotopic (exact) mass is 259 g/mol. The van der Waals surface area contributed by atoms with Gasteiger partial charge in [-0.25, -0.2) is 0 Å². The second kappa shape index (κ2) is 5.26. The lowest BCUT2D eigenvalue weighted by molar-refractivity contribution is 0.0638. The third-order valence-corrected chi connectivity index (χ3v) is 4.75.